The van der Waals surface area contributed by atoms with Crippen LogP contribution in [0.4, 0.5) is 5.69 Å². The Bertz CT molecular complexity index is 911. The second kappa shape index (κ2) is 7.18. The molecule has 0 radical (unpaired) electrons. The van der Waals surface area contributed by atoms with Crippen molar-refractivity contribution in [2.45, 2.75) is 20.0 Å². The second-order valence-corrected chi connectivity index (χ2v) is 5.86. The maximum atomic E-state index is 12.4. The normalized spacial score (nSPS) is 11.8. The Morgan fingerprint density at radius 2 is 1.60 bits per heavy atom. The number of carbonyl (C=O) groups is 2. The molecule has 126 valence electrons. The van der Waals surface area contributed by atoms with Crippen molar-refractivity contribution < 1.29 is 14.3 Å². The molecule has 0 aromatic heterocycles. The zero-order valence-corrected chi connectivity index (χ0v) is 14.2. The van der Waals surface area contributed by atoms with Gasteiger partial charge in [-0.3, -0.25) is 9.59 Å². The number of amides is 1. The second-order valence-electron chi connectivity index (χ2n) is 5.86. The molecule has 25 heavy (non-hydrogen) atoms. The van der Waals surface area contributed by atoms with Crippen LogP contribution in [0.15, 0.2) is 66.7 Å². The quantitative estimate of drug-likeness (QED) is 0.702. The molecule has 0 unspecified atom stereocenters. The van der Waals surface area contributed by atoms with Crippen molar-refractivity contribution in [1.29, 1.82) is 0 Å². The largest absolute Gasteiger partial charge is 0.480 e. The molecule has 4 nitrogen and oxygen atoms in total. The van der Waals surface area contributed by atoms with Crippen LogP contribution in [0.5, 0.6) is 5.75 Å². The summed E-state index contributed by atoms with van der Waals surface area (Å²) in [6, 6.07) is 20.4. The number of nitrogens with one attached hydrogen (secondary N) is 1. The highest BCUT2D eigenvalue weighted by Crippen LogP contribution is 2.26. The first-order valence-corrected chi connectivity index (χ1v) is 8.11. The van der Waals surface area contributed by atoms with E-state index in [0.717, 1.165) is 10.8 Å². The van der Waals surface area contributed by atoms with Gasteiger partial charge < -0.3 is 10.1 Å². The fourth-order valence-electron chi connectivity index (χ4n) is 2.57. The minimum absolute atomic E-state index is 0.00877. The predicted octanol–water partition coefficient (Wildman–Crippen LogP) is 4.45. The molecule has 0 saturated carbocycles. The number of carbonyl (C=O) groups excluding carboxylic acids is 2. The number of ether oxygens (including phenoxy) is 1. The van der Waals surface area contributed by atoms with Crippen LogP contribution in [-0.2, 0) is 4.79 Å². The number of fused-ring (bicyclic) bond motifs is 1. The first-order chi connectivity index (χ1) is 12.0. The number of rotatable bonds is 5. The molecule has 0 fully saturated rings. The summed E-state index contributed by atoms with van der Waals surface area (Å²) in [7, 11) is 0. The standard InChI is InChI=1S/C21H19NO3/c1-14(23)16-10-12-18(13-11-16)22-21(24)15(2)25-20-9-5-7-17-6-3-4-8-19(17)20/h3-13,15H,1-2H3,(H,22,24)/t15-/m0/s1. The van der Waals surface area contributed by atoms with Gasteiger partial charge in [-0.1, -0.05) is 36.4 Å². The van der Waals surface area contributed by atoms with Crippen molar-refractivity contribution in [2.75, 3.05) is 5.32 Å². The van der Waals surface area contributed by atoms with Crippen LogP contribution in [0.2, 0.25) is 0 Å². The van der Waals surface area contributed by atoms with Crippen LogP contribution in [0.1, 0.15) is 24.2 Å². The molecule has 0 saturated heterocycles. The summed E-state index contributed by atoms with van der Waals surface area (Å²) in [6.07, 6.45) is -0.654. The number of Topliss-reactive ketones (excluding diaryl/α,β-unsaturated/α-hetero) is 1. The Kier molecular flexibility index (Phi) is 4.80. The van der Waals surface area contributed by atoms with Crippen LogP contribution in [0.3, 0.4) is 0 Å². The van der Waals surface area contributed by atoms with Crippen molar-refractivity contribution in [3.63, 3.8) is 0 Å². The van der Waals surface area contributed by atoms with E-state index in [0.29, 0.717) is 17.0 Å². The summed E-state index contributed by atoms with van der Waals surface area (Å²) in [6.45, 7) is 3.22. The fraction of sp³-hybridized carbons (Fsp3) is 0.143. The van der Waals surface area contributed by atoms with Crippen LogP contribution < -0.4 is 10.1 Å². The maximum absolute atomic E-state index is 12.4. The Morgan fingerprint density at radius 3 is 2.32 bits per heavy atom. The molecule has 3 aromatic rings. The van der Waals surface area contributed by atoms with Crippen molar-refractivity contribution in [3.8, 4) is 5.75 Å². The van der Waals surface area contributed by atoms with E-state index in [1.165, 1.54) is 6.92 Å². The molecule has 1 N–H and O–H groups in total. The average Bonchev–Trinajstić information content (AvgIpc) is 2.62. The summed E-state index contributed by atoms with van der Waals surface area (Å²) in [5, 5.41) is 4.83. The number of ketones is 1. The third-order valence-corrected chi connectivity index (χ3v) is 3.98. The molecular weight excluding hydrogens is 314 g/mol. The molecular formula is C21H19NO3. The van der Waals surface area contributed by atoms with Gasteiger partial charge in [0.15, 0.2) is 11.9 Å². The van der Waals surface area contributed by atoms with Gasteiger partial charge in [-0.25, -0.2) is 0 Å². The van der Waals surface area contributed by atoms with Crippen LogP contribution in [0, 0.1) is 0 Å². The van der Waals surface area contributed by atoms with Crippen LogP contribution in [-0.4, -0.2) is 17.8 Å². The molecule has 1 atom stereocenters. The summed E-state index contributed by atoms with van der Waals surface area (Å²) >= 11 is 0. The van der Waals surface area contributed by atoms with Gasteiger partial charge in [-0.05, 0) is 49.6 Å². The number of hydrogen-bond donors (Lipinski definition) is 1. The van der Waals surface area contributed by atoms with Gasteiger partial charge in [-0.2, -0.15) is 0 Å². The van der Waals surface area contributed by atoms with E-state index in [2.05, 4.69) is 5.32 Å². The molecule has 3 rings (SSSR count). The lowest BCUT2D eigenvalue weighted by atomic mass is 10.1. The highest BCUT2D eigenvalue weighted by molar-refractivity contribution is 5.97. The Labute approximate surface area is 146 Å². The lowest BCUT2D eigenvalue weighted by Gasteiger charge is -2.16. The molecule has 0 spiro atoms. The molecule has 4 heteroatoms. The van der Waals surface area contributed by atoms with Crippen molar-refractivity contribution in [3.05, 3.63) is 72.3 Å². The minimum Gasteiger partial charge on any atom is -0.480 e. The Hall–Kier alpha value is -3.14. The van der Waals surface area contributed by atoms with Crippen LogP contribution >= 0.6 is 0 Å². The van der Waals surface area contributed by atoms with Gasteiger partial charge >= 0.3 is 0 Å². The van der Waals surface area contributed by atoms with Gasteiger partial charge in [0.2, 0.25) is 0 Å². The predicted molar refractivity (Wildman–Crippen MR) is 99.1 cm³/mol. The van der Waals surface area contributed by atoms with Gasteiger partial charge in [-0.15, -0.1) is 0 Å². The highest BCUT2D eigenvalue weighted by atomic mass is 16.5. The molecule has 0 aliphatic carbocycles. The number of hydrogen-bond acceptors (Lipinski definition) is 3. The zero-order valence-electron chi connectivity index (χ0n) is 14.2. The number of benzene rings is 3. The van der Waals surface area contributed by atoms with E-state index in [-0.39, 0.29) is 11.7 Å². The van der Waals surface area contributed by atoms with E-state index in [1.54, 1.807) is 31.2 Å². The average molecular weight is 333 g/mol. The lowest BCUT2D eigenvalue weighted by molar-refractivity contribution is -0.122. The molecule has 0 heterocycles. The van der Waals surface area contributed by atoms with Crippen LogP contribution in [0.25, 0.3) is 10.8 Å². The number of anilines is 1. The van der Waals surface area contributed by atoms with E-state index in [4.69, 9.17) is 4.74 Å². The SMILES string of the molecule is CC(=O)c1ccc(NC(=O)[C@H](C)Oc2cccc3ccccc23)cc1. The maximum Gasteiger partial charge on any atom is 0.265 e. The molecule has 3 aromatic carbocycles. The van der Waals surface area contributed by atoms with Crippen molar-refractivity contribution in [1.82, 2.24) is 0 Å². The fourth-order valence-corrected chi connectivity index (χ4v) is 2.57. The topological polar surface area (TPSA) is 55.4 Å². The first kappa shape index (κ1) is 16.7. The van der Waals surface area contributed by atoms with E-state index in [9.17, 15) is 9.59 Å². The smallest absolute Gasteiger partial charge is 0.265 e. The Balaban J connectivity index is 1.71. The highest BCUT2D eigenvalue weighted by Gasteiger charge is 2.16. The van der Waals surface area contributed by atoms with Gasteiger partial charge in [0.25, 0.3) is 5.91 Å². The lowest BCUT2D eigenvalue weighted by Crippen LogP contribution is -2.30. The third kappa shape index (κ3) is 3.86. The van der Waals surface area contributed by atoms with Gasteiger partial charge in [0.1, 0.15) is 5.75 Å². The molecule has 0 aliphatic rings. The van der Waals surface area contributed by atoms with E-state index in [1.807, 2.05) is 42.5 Å². The molecule has 0 aliphatic heterocycles. The van der Waals surface area contributed by atoms with Crippen molar-refractivity contribution >= 4 is 28.2 Å². The van der Waals surface area contributed by atoms with E-state index >= 15 is 0 Å². The molecule has 1 amide bonds. The summed E-state index contributed by atoms with van der Waals surface area (Å²) in [5.41, 5.74) is 1.24. The first-order valence-electron chi connectivity index (χ1n) is 8.11. The van der Waals surface area contributed by atoms with Crippen molar-refractivity contribution in [2.24, 2.45) is 0 Å². The van der Waals surface area contributed by atoms with E-state index < -0.39 is 6.10 Å². The molecule has 0 bridgehead atoms. The summed E-state index contributed by atoms with van der Waals surface area (Å²) in [5.74, 6) is 0.418. The zero-order chi connectivity index (χ0) is 17.8. The monoisotopic (exact) mass is 333 g/mol. The summed E-state index contributed by atoms with van der Waals surface area (Å²) in [4.78, 5) is 23.7. The van der Waals surface area contributed by atoms with Gasteiger partial charge in [0, 0.05) is 16.6 Å². The minimum atomic E-state index is -0.654. The third-order valence-electron chi connectivity index (χ3n) is 3.98. The van der Waals surface area contributed by atoms with Gasteiger partial charge in [0.05, 0.1) is 0 Å². The summed E-state index contributed by atoms with van der Waals surface area (Å²) < 4.78 is 5.86. The Morgan fingerprint density at radius 1 is 0.920 bits per heavy atom.